The summed E-state index contributed by atoms with van der Waals surface area (Å²) < 4.78 is 22.7. The van der Waals surface area contributed by atoms with Gasteiger partial charge in [-0.15, -0.1) is 0 Å². The largest absolute Gasteiger partial charge is 0.504 e. The number of ether oxygens (including phenoxy) is 3. The molecule has 0 fully saturated rings. The maximum absolute atomic E-state index is 13.0. The average molecular weight is 400 g/mol. The third-order valence-corrected chi connectivity index (χ3v) is 4.57. The van der Waals surface area contributed by atoms with Gasteiger partial charge in [-0.05, 0) is 24.6 Å². The molecule has 3 rings (SSSR count). The summed E-state index contributed by atoms with van der Waals surface area (Å²) in [7, 11) is 2.97. The van der Waals surface area contributed by atoms with Gasteiger partial charge >= 0.3 is 0 Å². The van der Waals surface area contributed by atoms with E-state index in [-0.39, 0.29) is 39.4 Å². The SMILES string of the molecule is CCCCCOc1c(OC)c(OC)cc2oc(-c3ccc(O)c(O)c3)cc(=O)c12. The highest BCUT2D eigenvalue weighted by molar-refractivity contribution is 5.90. The van der Waals surface area contributed by atoms with Crippen LogP contribution in [0.5, 0.6) is 28.7 Å². The molecule has 0 bridgehead atoms. The highest BCUT2D eigenvalue weighted by Gasteiger charge is 2.21. The summed E-state index contributed by atoms with van der Waals surface area (Å²) in [5.41, 5.74) is 0.392. The standard InChI is InChI=1S/C22H24O7/c1-4-5-6-9-28-22-20-16(25)11-17(13-7-8-14(23)15(24)10-13)29-18(20)12-19(26-2)21(22)27-3/h7-8,10-12,23-24H,4-6,9H2,1-3H3. The van der Waals surface area contributed by atoms with Gasteiger partial charge in [0.1, 0.15) is 16.7 Å². The second-order valence-electron chi connectivity index (χ2n) is 6.55. The molecule has 7 nitrogen and oxygen atoms in total. The van der Waals surface area contributed by atoms with E-state index in [1.807, 2.05) is 0 Å². The first kappa shape index (κ1) is 20.4. The lowest BCUT2D eigenvalue weighted by Crippen LogP contribution is -2.08. The molecule has 0 spiro atoms. The van der Waals surface area contributed by atoms with Gasteiger partial charge in [0.15, 0.2) is 28.4 Å². The summed E-state index contributed by atoms with van der Waals surface area (Å²) in [5, 5.41) is 19.5. The molecule has 1 aromatic heterocycles. The molecule has 0 amide bonds. The first-order valence-electron chi connectivity index (χ1n) is 9.38. The Bertz CT molecular complexity index is 1070. The van der Waals surface area contributed by atoms with Gasteiger partial charge in [-0.25, -0.2) is 0 Å². The van der Waals surface area contributed by atoms with E-state index >= 15 is 0 Å². The van der Waals surface area contributed by atoms with Crippen LogP contribution in [0.4, 0.5) is 0 Å². The van der Waals surface area contributed by atoms with Crippen molar-refractivity contribution in [1.29, 1.82) is 0 Å². The van der Waals surface area contributed by atoms with Crippen molar-refractivity contribution in [3.8, 4) is 40.1 Å². The summed E-state index contributed by atoms with van der Waals surface area (Å²) in [6.45, 7) is 2.53. The number of unbranched alkanes of at least 4 members (excludes halogenated alkanes) is 2. The van der Waals surface area contributed by atoms with Crippen LogP contribution in [0.15, 0.2) is 39.5 Å². The Morgan fingerprint density at radius 2 is 1.76 bits per heavy atom. The second-order valence-corrected chi connectivity index (χ2v) is 6.55. The van der Waals surface area contributed by atoms with Crippen LogP contribution in [0, 0.1) is 0 Å². The predicted octanol–water partition coefficient (Wildman–Crippen LogP) is 4.46. The van der Waals surface area contributed by atoms with E-state index < -0.39 is 0 Å². The lowest BCUT2D eigenvalue weighted by atomic mass is 10.1. The van der Waals surface area contributed by atoms with Crippen molar-refractivity contribution >= 4 is 11.0 Å². The van der Waals surface area contributed by atoms with Crippen molar-refractivity contribution in [1.82, 2.24) is 0 Å². The van der Waals surface area contributed by atoms with Gasteiger partial charge in [0.2, 0.25) is 5.75 Å². The van der Waals surface area contributed by atoms with Crippen LogP contribution < -0.4 is 19.6 Å². The fourth-order valence-electron chi connectivity index (χ4n) is 3.07. The van der Waals surface area contributed by atoms with Crippen molar-refractivity contribution in [3.05, 3.63) is 40.6 Å². The molecule has 0 saturated carbocycles. The summed E-state index contributed by atoms with van der Waals surface area (Å²) in [4.78, 5) is 13.0. The number of benzene rings is 2. The normalized spacial score (nSPS) is 10.9. The van der Waals surface area contributed by atoms with E-state index in [4.69, 9.17) is 18.6 Å². The molecule has 0 radical (unpaired) electrons. The Balaban J connectivity index is 2.17. The average Bonchev–Trinajstić information content (AvgIpc) is 2.72. The van der Waals surface area contributed by atoms with Crippen molar-refractivity contribution in [2.75, 3.05) is 20.8 Å². The minimum absolute atomic E-state index is 0.238. The van der Waals surface area contributed by atoms with Gasteiger partial charge < -0.3 is 28.8 Å². The Kier molecular flexibility index (Phi) is 6.16. The summed E-state index contributed by atoms with van der Waals surface area (Å²) in [6.07, 6.45) is 2.90. The molecule has 0 atom stereocenters. The molecule has 2 aromatic carbocycles. The molecule has 0 aliphatic heterocycles. The van der Waals surface area contributed by atoms with Crippen molar-refractivity contribution in [3.63, 3.8) is 0 Å². The van der Waals surface area contributed by atoms with Crippen LogP contribution in [0.3, 0.4) is 0 Å². The molecular formula is C22H24O7. The molecule has 2 N–H and O–H groups in total. The minimum Gasteiger partial charge on any atom is -0.504 e. The number of phenolic OH excluding ortho intramolecular Hbond substituents is 2. The zero-order chi connectivity index (χ0) is 21.0. The molecule has 0 aliphatic carbocycles. The topological polar surface area (TPSA) is 98.4 Å². The molecule has 29 heavy (non-hydrogen) atoms. The fraction of sp³-hybridized carbons (Fsp3) is 0.318. The third-order valence-electron chi connectivity index (χ3n) is 4.57. The Hall–Kier alpha value is -3.35. The van der Waals surface area contributed by atoms with Crippen molar-refractivity contribution in [2.45, 2.75) is 26.2 Å². The minimum atomic E-state index is -0.319. The van der Waals surface area contributed by atoms with Crippen LogP contribution >= 0.6 is 0 Å². The maximum Gasteiger partial charge on any atom is 0.204 e. The van der Waals surface area contributed by atoms with Crippen molar-refractivity contribution in [2.24, 2.45) is 0 Å². The van der Waals surface area contributed by atoms with Crippen LogP contribution in [0.1, 0.15) is 26.2 Å². The van der Waals surface area contributed by atoms with E-state index in [2.05, 4.69) is 6.92 Å². The molecule has 7 heteroatoms. The lowest BCUT2D eigenvalue weighted by Gasteiger charge is -2.16. The summed E-state index contributed by atoms with van der Waals surface area (Å²) in [5.74, 6) is 0.662. The van der Waals surface area contributed by atoms with E-state index in [0.717, 1.165) is 19.3 Å². The highest BCUT2D eigenvalue weighted by Crippen LogP contribution is 2.43. The summed E-state index contributed by atoms with van der Waals surface area (Å²) in [6, 6.07) is 7.08. The number of aromatic hydroxyl groups is 2. The molecular weight excluding hydrogens is 376 g/mol. The van der Waals surface area contributed by atoms with E-state index in [9.17, 15) is 15.0 Å². The van der Waals surface area contributed by atoms with Gasteiger partial charge in [-0.2, -0.15) is 0 Å². The molecule has 1 heterocycles. The number of fused-ring (bicyclic) bond motifs is 1. The first-order valence-corrected chi connectivity index (χ1v) is 9.38. The number of methoxy groups -OCH3 is 2. The summed E-state index contributed by atoms with van der Waals surface area (Å²) >= 11 is 0. The van der Waals surface area contributed by atoms with E-state index in [1.54, 1.807) is 12.1 Å². The Morgan fingerprint density at radius 3 is 2.41 bits per heavy atom. The first-order chi connectivity index (χ1) is 14.0. The molecule has 0 aliphatic rings. The zero-order valence-electron chi connectivity index (χ0n) is 16.7. The second kappa shape index (κ2) is 8.77. The maximum atomic E-state index is 13.0. The number of hydrogen-bond donors (Lipinski definition) is 2. The smallest absolute Gasteiger partial charge is 0.204 e. The van der Waals surface area contributed by atoms with Crippen molar-refractivity contribution < 1.29 is 28.8 Å². The third kappa shape index (κ3) is 4.08. The highest BCUT2D eigenvalue weighted by atomic mass is 16.5. The molecule has 154 valence electrons. The number of rotatable bonds is 8. The van der Waals surface area contributed by atoms with Crippen LogP contribution in [-0.2, 0) is 0 Å². The van der Waals surface area contributed by atoms with Crippen LogP contribution in [0.2, 0.25) is 0 Å². The molecule has 3 aromatic rings. The number of hydrogen-bond acceptors (Lipinski definition) is 7. The van der Waals surface area contributed by atoms with E-state index in [1.165, 1.54) is 32.4 Å². The Morgan fingerprint density at radius 1 is 0.966 bits per heavy atom. The number of phenols is 2. The molecule has 0 unspecified atom stereocenters. The lowest BCUT2D eigenvalue weighted by molar-refractivity contribution is 0.280. The van der Waals surface area contributed by atoms with Crippen LogP contribution in [0.25, 0.3) is 22.3 Å². The van der Waals surface area contributed by atoms with Gasteiger partial charge in [0.25, 0.3) is 0 Å². The van der Waals surface area contributed by atoms with Gasteiger partial charge in [-0.1, -0.05) is 19.8 Å². The fourth-order valence-corrected chi connectivity index (χ4v) is 3.07. The quantitative estimate of drug-likeness (QED) is 0.425. The van der Waals surface area contributed by atoms with Crippen LogP contribution in [-0.4, -0.2) is 31.0 Å². The monoisotopic (exact) mass is 400 g/mol. The van der Waals surface area contributed by atoms with Gasteiger partial charge in [-0.3, -0.25) is 4.79 Å². The Labute approximate surface area is 168 Å². The molecule has 0 saturated heterocycles. The van der Waals surface area contributed by atoms with E-state index in [0.29, 0.717) is 23.7 Å². The predicted molar refractivity (Wildman–Crippen MR) is 109 cm³/mol. The van der Waals surface area contributed by atoms with Gasteiger partial charge in [0.05, 0.1) is 20.8 Å². The van der Waals surface area contributed by atoms with Gasteiger partial charge in [0, 0.05) is 17.7 Å². The zero-order valence-corrected chi connectivity index (χ0v) is 16.7.